The molecule has 1 aliphatic heterocycles. The Morgan fingerprint density at radius 2 is 1.80 bits per heavy atom. The van der Waals surface area contributed by atoms with E-state index in [9.17, 15) is 14.0 Å². The highest BCUT2D eigenvalue weighted by atomic mass is 32.1. The molecular weight excluding hydrogens is 581 g/mol. The Morgan fingerprint density at radius 3 is 2.52 bits per heavy atom. The van der Waals surface area contributed by atoms with E-state index >= 15 is 0 Å². The van der Waals surface area contributed by atoms with Crippen LogP contribution in [0.5, 0.6) is 11.5 Å². The number of thiazole rings is 1. The summed E-state index contributed by atoms with van der Waals surface area (Å²) in [4.78, 5) is 32.6. The maximum atomic E-state index is 14.2. The highest BCUT2D eigenvalue weighted by Gasteiger charge is 2.34. The quantitative estimate of drug-likeness (QED) is 0.232. The number of hydrogen-bond acceptors (Lipinski definition) is 7. The normalized spacial score (nSPS) is 14.8. The van der Waals surface area contributed by atoms with Crippen LogP contribution in [-0.2, 0) is 16.1 Å². The van der Waals surface area contributed by atoms with Crippen molar-refractivity contribution in [3.8, 4) is 11.5 Å². The van der Waals surface area contributed by atoms with Gasteiger partial charge in [0.25, 0.3) is 5.56 Å². The maximum absolute atomic E-state index is 14.2. The second-order valence-electron chi connectivity index (χ2n) is 10.3. The number of fused-ring (bicyclic) bond motifs is 2. The lowest BCUT2D eigenvalue weighted by molar-refractivity contribution is -0.139. The number of hydrogen-bond donors (Lipinski definition) is 0. The third-order valence-corrected chi connectivity index (χ3v) is 8.60. The summed E-state index contributed by atoms with van der Waals surface area (Å²) in [5, 5.41) is 0.972. The molecule has 8 nitrogen and oxygen atoms in total. The molecule has 0 unspecified atom stereocenters. The van der Waals surface area contributed by atoms with E-state index in [4.69, 9.17) is 14.2 Å². The van der Waals surface area contributed by atoms with Crippen LogP contribution in [-0.4, -0.2) is 35.9 Å². The molecule has 0 bridgehead atoms. The van der Waals surface area contributed by atoms with Gasteiger partial charge in [-0.25, -0.2) is 14.2 Å². The van der Waals surface area contributed by atoms with Gasteiger partial charge in [0.15, 0.2) is 16.3 Å². The van der Waals surface area contributed by atoms with Gasteiger partial charge in [-0.2, -0.15) is 0 Å². The Kier molecular flexibility index (Phi) is 7.92. The number of rotatable bonds is 8. The summed E-state index contributed by atoms with van der Waals surface area (Å²) in [7, 11) is 3.08. The van der Waals surface area contributed by atoms with E-state index in [1.807, 2.05) is 42.6 Å². The number of halogens is 1. The van der Waals surface area contributed by atoms with Crippen molar-refractivity contribution in [1.29, 1.82) is 0 Å². The van der Waals surface area contributed by atoms with E-state index in [0.717, 1.165) is 22.0 Å². The number of nitrogens with zero attached hydrogens (tertiary/aromatic N) is 3. The SMILES string of the molecule is CCOC(=O)C1=C(C)N=c2s/c(=C/c3cn(Cc4ccc(F)cc4)c4ccccc34)c(=O)n2[C@H]1c1ccc(OC)c(OC)c1. The average molecular weight is 612 g/mol. The molecule has 0 saturated heterocycles. The number of carbonyl (C=O) groups is 1. The molecule has 0 saturated carbocycles. The van der Waals surface area contributed by atoms with Gasteiger partial charge >= 0.3 is 5.97 Å². The molecule has 1 atom stereocenters. The van der Waals surface area contributed by atoms with Crippen molar-refractivity contribution in [2.24, 2.45) is 4.99 Å². The zero-order valence-electron chi connectivity index (χ0n) is 24.7. The highest BCUT2D eigenvalue weighted by molar-refractivity contribution is 7.07. The zero-order valence-corrected chi connectivity index (χ0v) is 25.5. The van der Waals surface area contributed by atoms with Crippen LogP contribution < -0.4 is 24.4 Å². The molecule has 1 aliphatic rings. The number of esters is 1. The van der Waals surface area contributed by atoms with Crippen molar-refractivity contribution < 1.29 is 23.4 Å². The number of ether oxygens (including phenoxy) is 3. The van der Waals surface area contributed by atoms with Crippen molar-refractivity contribution in [2.45, 2.75) is 26.4 Å². The van der Waals surface area contributed by atoms with Gasteiger partial charge in [0.05, 0.1) is 42.7 Å². The van der Waals surface area contributed by atoms with E-state index < -0.39 is 12.0 Å². The van der Waals surface area contributed by atoms with Crippen LogP contribution in [0, 0.1) is 5.82 Å². The van der Waals surface area contributed by atoms with Crippen molar-refractivity contribution >= 4 is 34.3 Å². The first-order valence-electron chi connectivity index (χ1n) is 14.1. The monoisotopic (exact) mass is 611 g/mol. The first kappa shape index (κ1) is 29.1. The predicted octanol–water partition coefficient (Wildman–Crippen LogP) is 4.96. The molecule has 2 aromatic heterocycles. The van der Waals surface area contributed by atoms with Crippen molar-refractivity contribution in [1.82, 2.24) is 9.13 Å². The first-order chi connectivity index (χ1) is 21.3. The number of methoxy groups -OCH3 is 2. The topological polar surface area (TPSA) is 84.1 Å². The molecule has 0 radical (unpaired) electrons. The molecule has 44 heavy (non-hydrogen) atoms. The number of aromatic nitrogens is 2. The predicted molar refractivity (Wildman–Crippen MR) is 167 cm³/mol. The average Bonchev–Trinajstić information content (AvgIpc) is 3.53. The fourth-order valence-corrected chi connectivity index (χ4v) is 6.62. The van der Waals surface area contributed by atoms with Crippen molar-refractivity contribution in [2.75, 3.05) is 20.8 Å². The lowest BCUT2D eigenvalue weighted by Gasteiger charge is -2.25. The lowest BCUT2D eigenvalue weighted by atomic mass is 9.95. The summed E-state index contributed by atoms with van der Waals surface area (Å²) in [6.45, 7) is 4.21. The number of carbonyl (C=O) groups excluding carboxylic acids is 1. The van der Waals surface area contributed by atoms with Crippen molar-refractivity contribution in [3.05, 3.63) is 126 Å². The molecule has 3 aromatic carbocycles. The fourth-order valence-electron chi connectivity index (χ4n) is 5.58. The minimum Gasteiger partial charge on any atom is -0.493 e. The second-order valence-corrected chi connectivity index (χ2v) is 11.3. The largest absolute Gasteiger partial charge is 0.493 e. The summed E-state index contributed by atoms with van der Waals surface area (Å²) in [5.74, 6) is 0.180. The molecule has 0 N–H and O–H groups in total. The Morgan fingerprint density at radius 1 is 1.05 bits per heavy atom. The summed E-state index contributed by atoms with van der Waals surface area (Å²) in [6, 6.07) is 18.9. The summed E-state index contributed by atoms with van der Waals surface area (Å²) >= 11 is 1.26. The van der Waals surface area contributed by atoms with Gasteiger partial charge in [-0.15, -0.1) is 0 Å². The third-order valence-electron chi connectivity index (χ3n) is 7.61. The van der Waals surface area contributed by atoms with E-state index in [1.165, 1.54) is 30.6 Å². The minimum atomic E-state index is -0.785. The zero-order chi connectivity index (χ0) is 31.0. The van der Waals surface area contributed by atoms with E-state index in [-0.39, 0.29) is 23.6 Å². The molecule has 3 heterocycles. The molecule has 0 fully saturated rings. The van der Waals surface area contributed by atoms with Crippen LogP contribution in [0.15, 0.2) is 94.0 Å². The van der Waals surface area contributed by atoms with Gasteiger partial charge in [0.2, 0.25) is 0 Å². The van der Waals surface area contributed by atoms with Crippen LogP contribution in [0.25, 0.3) is 17.0 Å². The van der Waals surface area contributed by atoms with Crippen LogP contribution >= 0.6 is 11.3 Å². The van der Waals surface area contributed by atoms with Gasteiger partial charge in [0.1, 0.15) is 5.82 Å². The highest BCUT2D eigenvalue weighted by Crippen LogP contribution is 2.36. The Hall–Kier alpha value is -4.96. The summed E-state index contributed by atoms with van der Waals surface area (Å²) in [6.07, 6.45) is 3.86. The Bertz CT molecular complexity index is 2110. The maximum Gasteiger partial charge on any atom is 0.338 e. The molecule has 5 aromatic rings. The van der Waals surface area contributed by atoms with E-state index in [1.54, 1.807) is 49.8 Å². The molecular formula is C34H30FN3O5S. The van der Waals surface area contributed by atoms with Gasteiger partial charge in [-0.1, -0.05) is 47.7 Å². The number of benzene rings is 3. The van der Waals surface area contributed by atoms with Gasteiger partial charge in [-0.05, 0) is 61.4 Å². The van der Waals surface area contributed by atoms with E-state index in [0.29, 0.717) is 38.6 Å². The third kappa shape index (κ3) is 5.22. The Balaban J connectivity index is 1.52. The number of allylic oxidation sites excluding steroid dienone is 1. The van der Waals surface area contributed by atoms with Crippen LogP contribution in [0.2, 0.25) is 0 Å². The van der Waals surface area contributed by atoms with Crippen LogP contribution in [0.4, 0.5) is 4.39 Å². The van der Waals surface area contributed by atoms with Crippen molar-refractivity contribution in [3.63, 3.8) is 0 Å². The molecule has 0 amide bonds. The second kappa shape index (κ2) is 12.0. The molecule has 224 valence electrons. The van der Waals surface area contributed by atoms with Crippen LogP contribution in [0.1, 0.15) is 36.6 Å². The fraction of sp³-hybridized carbons (Fsp3) is 0.206. The summed E-state index contributed by atoms with van der Waals surface area (Å²) < 4.78 is 34.0. The summed E-state index contributed by atoms with van der Waals surface area (Å²) in [5.41, 5.74) is 3.94. The molecule has 0 aliphatic carbocycles. The Labute approximate surface area is 256 Å². The van der Waals surface area contributed by atoms with E-state index in [2.05, 4.69) is 9.56 Å². The van der Waals surface area contributed by atoms with Gasteiger partial charge in [-0.3, -0.25) is 9.36 Å². The van der Waals surface area contributed by atoms with Crippen LogP contribution in [0.3, 0.4) is 0 Å². The molecule has 10 heteroatoms. The first-order valence-corrected chi connectivity index (χ1v) is 14.9. The molecule has 6 rings (SSSR count). The smallest absolute Gasteiger partial charge is 0.338 e. The standard InChI is InChI=1S/C34H30FN3O5S/c1-5-43-33(40)30-20(2)36-34-38(31(30)22-12-15-27(41-3)28(16-22)42-4)32(39)29(44-34)17-23-19-37(26-9-7-6-8-25(23)26)18-21-10-13-24(35)14-11-21/h6-17,19,31H,5,18H2,1-4H3/b29-17+/t31-/m0/s1. The minimum absolute atomic E-state index is 0.181. The van der Waals surface area contributed by atoms with Gasteiger partial charge in [0, 0.05) is 29.2 Å². The lowest BCUT2D eigenvalue weighted by Crippen LogP contribution is -2.39. The molecule has 0 spiro atoms. The number of para-hydroxylation sites is 1. The van der Waals surface area contributed by atoms with Gasteiger partial charge < -0.3 is 18.8 Å².